The van der Waals surface area contributed by atoms with Gasteiger partial charge in [0.25, 0.3) is 0 Å². The topological polar surface area (TPSA) is 35.8 Å². The molecule has 0 saturated heterocycles. The summed E-state index contributed by atoms with van der Waals surface area (Å²) < 4.78 is 1.30. The Labute approximate surface area is 135 Å². The predicted molar refractivity (Wildman–Crippen MR) is 94.2 cm³/mol. The number of aliphatic hydroxyl groups is 1. The molecule has 0 saturated carbocycles. The SMILES string of the molecule is CSc1cc(C2=C(CO)SC3=NCCN32)c2ccsc2c1. The molecule has 1 N–H and O–H groups in total. The van der Waals surface area contributed by atoms with E-state index in [1.807, 2.05) is 0 Å². The van der Waals surface area contributed by atoms with Crippen LogP contribution in [0.1, 0.15) is 5.56 Å². The van der Waals surface area contributed by atoms with Gasteiger partial charge in [-0.05, 0) is 29.8 Å². The highest BCUT2D eigenvalue weighted by atomic mass is 32.2. The van der Waals surface area contributed by atoms with Gasteiger partial charge < -0.3 is 10.0 Å². The van der Waals surface area contributed by atoms with E-state index in [2.05, 4.69) is 39.7 Å². The third-order valence-corrected chi connectivity index (χ3v) is 6.40. The van der Waals surface area contributed by atoms with E-state index in [1.54, 1.807) is 34.9 Å². The molecule has 21 heavy (non-hydrogen) atoms. The molecular formula is C15H14N2OS3. The van der Waals surface area contributed by atoms with Crippen molar-refractivity contribution in [3.63, 3.8) is 0 Å². The van der Waals surface area contributed by atoms with Crippen molar-refractivity contribution in [2.24, 2.45) is 4.99 Å². The second-order valence-corrected chi connectivity index (χ2v) is 7.74. The number of aliphatic imine (C=N–C) groups is 1. The van der Waals surface area contributed by atoms with E-state index in [-0.39, 0.29) is 6.61 Å². The van der Waals surface area contributed by atoms with Crippen molar-refractivity contribution in [3.8, 4) is 0 Å². The van der Waals surface area contributed by atoms with Crippen molar-refractivity contribution in [1.82, 2.24) is 4.90 Å². The van der Waals surface area contributed by atoms with Crippen LogP contribution in [0.3, 0.4) is 0 Å². The Morgan fingerprint density at radius 2 is 2.33 bits per heavy atom. The number of fused-ring (bicyclic) bond motifs is 2. The maximum Gasteiger partial charge on any atom is 0.168 e. The van der Waals surface area contributed by atoms with Gasteiger partial charge in [0, 0.05) is 32.0 Å². The number of benzene rings is 1. The first-order valence-electron chi connectivity index (χ1n) is 6.71. The Morgan fingerprint density at radius 3 is 3.14 bits per heavy atom. The minimum Gasteiger partial charge on any atom is -0.391 e. The van der Waals surface area contributed by atoms with Gasteiger partial charge in [-0.25, -0.2) is 0 Å². The number of nitrogens with zero attached hydrogens (tertiary/aromatic N) is 2. The summed E-state index contributed by atoms with van der Waals surface area (Å²) in [6.45, 7) is 1.83. The summed E-state index contributed by atoms with van der Waals surface area (Å²) in [4.78, 5) is 9.07. The Morgan fingerprint density at radius 1 is 1.43 bits per heavy atom. The fourth-order valence-corrected chi connectivity index (χ4v) is 5.24. The average Bonchev–Trinajstić information content (AvgIpc) is 3.20. The molecule has 0 atom stereocenters. The molecule has 0 amide bonds. The number of thiophene rings is 1. The largest absolute Gasteiger partial charge is 0.391 e. The molecule has 2 aliphatic heterocycles. The van der Waals surface area contributed by atoms with Crippen LogP contribution in [0.25, 0.3) is 15.8 Å². The fourth-order valence-electron chi connectivity index (χ4n) is 2.79. The minimum atomic E-state index is 0.0741. The molecule has 0 radical (unpaired) electrons. The van der Waals surface area contributed by atoms with Crippen LogP contribution in [0.5, 0.6) is 0 Å². The van der Waals surface area contributed by atoms with Crippen molar-refractivity contribution in [2.75, 3.05) is 26.0 Å². The fraction of sp³-hybridized carbons (Fsp3) is 0.267. The van der Waals surface area contributed by atoms with E-state index in [0.29, 0.717) is 0 Å². The molecular weight excluding hydrogens is 320 g/mol. The Kier molecular flexibility index (Phi) is 3.49. The zero-order valence-electron chi connectivity index (χ0n) is 11.5. The summed E-state index contributed by atoms with van der Waals surface area (Å²) in [7, 11) is 0. The van der Waals surface area contributed by atoms with E-state index in [4.69, 9.17) is 0 Å². The molecule has 2 aliphatic rings. The van der Waals surface area contributed by atoms with Crippen LogP contribution in [0.15, 0.2) is 38.4 Å². The Balaban J connectivity index is 1.96. The average molecular weight is 334 g/mol. The lowest BCUT2D eigenvalue weighted by Gasteiger charge is -2.18. The standard InChI is InChI=1S/C15H14N2OS3/c1-19-9-6-11(10-2-5-20-12(10)7-9)14-13(8-18)21-15-16-3-4-17(14)15/h2,5-7,18H,3-4,8H2,1H3. The van der Waals surface area contributed by atoms with E-state index in [9.17, 15) is 5.11 Å². The number of thioether (sulfide) groups is 2. The molecule has 1 aromatic heterocycles. The number of aliphatic hydroxyl groups excluding tert-OH is 1. The number of amidine groups is 1. The maximum atomic E-state index is 9.74. The zero-order valence-corrected chi connectivity index (χ0v) is 13.9. The highest BCUT2D eigenvalue weighted by Gasteiger charge is 2.33. The molecule has 1 aromatic carbocycles. The molecule has 3 nitrogen and oxygen atoms in total. The molecule has 4 rings (SSSR count). The normalized spacial score (nSPS) is 17.8. The monoisotopic (exact) mass is 334 g/mol. The molecule has 0 bridgehead atoms. The smallest absolute Gasteiger partial charge is 0.168 e. The van der Waals surface area contributed by atoms with Crippen molar-refractivity contribution in [3.05, 3.63) is 34.0 Å². The van der Waals surface area contributed by atoms with Crippen molar-refractivity contribution in [2.45, 2.75) is 4.90 Å². The van der Waals surface area contributed by atoms with Crippen LogP contribution in [0.2, 0.25) is 0 Å². The van der Waals surface area contributed by atoms with Crippen LogP contribution in [0, 0.1) is 0 Å². The predicted octanol–water partition coefficient (Wildman–Crippen LogP) is 3.70. The molecule has 0 aliphatic carbocycles. The summed E-state index contributed by atoms with van der Waals surface area (Å²) >= 11 is 5.14. The van der Waals surface area contributed by atoms with Crippen LogP contribution >= 0.6 is 34.9 Å². The second kappa shape index (κ2) is 5.35. The highest BCUT2D eigenvalue weighted by molar-refractivity contribution is 8.17. The number of hydrogen-bond donors (Lipinski definition) is 1. The van der Waals surface area contributed by atoms with Crippen LogP contribution in [0.4, 0.5) is 0 Å². The van der Waals surface area contributed by atoms with Crippen LogP contribution in [-0.2, 0) is 0 Å². The molecule has 0 spiro atoms. The molecule has 0 fully saturated rings. The summed E-state index contributed by atoms with van der Waals surface area (Å²) in [5.41, 5.74) is 2.37. The summed E-state index contributed by atoms with van der Waals surface area (Å²) in [5.74, 6) is 0. The van der Waals surface area contributed by atoms with Crippen LogP contribution < -0.4 is 0 Å². The lowest BCUT2D eigenvalue weighted by Crippen LogP contribution is -2.20. The first-order chi connectivity index (χ1) is 10.3. The molecule has 2 aromatic rings. The number of rotatable bonds is 3. The Bertz CT molecular complexity index is 778. The molecule has 0 unspecified atom stereocenters. The minimum absolute atomic E-state index is 0.0741. The van der Waals surface area contributed by atoms with E-state index < -0.39 is 0 Å². The zero-order chi connectivity index (χ0) is 14.4. The lowest BCUT2D eigenvalue weighted by molar-refractivity contribution is 0.339. The van der Waals surface area contributed by atoms with Gasteiger partial charge in [0.1, 0.15) is 0 Å². The third-order valence-electron chi connectivity index (χ3n) is 3.73. The Hall–Kier alpha value is -0.950. The molecule has 6 heteroatoms. The first-order valence-corrected chi connectivity index (χ1v) is 9.63. The van der Waals surface area contributed by atoms with Gasteiger partial charge >= 0.3 is 0 Å². The van der Waals surface area contributed by atoms with E-state index in [1.165, 1.54) is 20.5 Å². The number of hydrogen-bond acceptors (Lipinski definition) is 6. The summed E-state index contributed by atoms with van der Waals surface area (Å²) in [5, 5.41) is 14.2. The van der Waals surface area contributed by atoms with Gasteiger partial charge in [-0.3, -0.25) is 4.99 Å². The van der Waals surface area contributed by atoms with Crippen molar-refractivity contribution < 1.29 is 5.11 Å². The van der Waals surface area contributed by atoms with E-state index in [0.717, 1.165) is 28.9 Å². The quantitative estimate of drug-likeness (QED) is 0.868. The van der Waals surface area contributed by atoms with Crippen molar-refractivity contribution >= 4 is 55.8 Å². The van der Waals surface area contributed by atoms with Gasteiger partial charge in [-0.1, -0.05) is 11.8 Å². The lowest BCUT2D eigenvalue weighted by atomic mass is 10.1. The van der Waals surface area contributed by atoms with Gasteiger partial charge in [-0.2, -0.15) is 0 Å². The molecule has 3 heterocycles. The first kappa shape index (κ1) is 13.7. The van der Waals surface area contributed by atoms with Gasteiger partial charge in [0.2, 0.25) is 0 Å². The second-order valence-electron chi connectivity index (χ2n) is 4.86. The summed E-state index contributed by atoms with van der Waals surface area (Å²) in [6.07, 6.45) is 2.10. The maximum absolute atomic E-state index is 9.74. The van der Waals surface area contributed by atoms with Crippen LogP contribution in [-0.4, -0.2) is 41.1 Å². The van der Waals surface area contributed by atoms with Gasteiger partial charge in [0.15, 0.2) is 5.17 Å². The van der Waals surface area contributed by atoms with Crippen molar-refractivity contribution in [1.29, 1.82) is 0 Å². The summed E-state index contributed by atoms with van der Waals surface area (Å²) in [6, 6.07) is 6.66. The van der Waals surface area contributed by atoms with Gasteiger partial charge in [-0.15, -0.1) is 23.1 Å². The van der Waals surface area contributed by atoms with E-state index >= 15 is 0 Å². The van der Waals surface area contributed by atoms with Gasteiger partial charge in [0.05, 0.1) is 18.8 Å². The third kappa shape index (κ3) is 2.12. The molecule has 108 valence electrons. The highest BCUT2D eigenvalue weighted by Crippen LogP contribution is 2.44.